The van der Waals surface area contributed by atoms with Gasteiger partial charge in [0.2, 0.25) is 5.91 Å². The largest absolute Gasteiger partial charge is 0.369 e. The third-order valence-electron chi connectivity index (χ3n) is 5.72. The molecule has 2 aliphatic rings. The van der Waals surface area contributed by atoms with Crippen LogP contribution in [0.15, 0.2) is 48.5 Å². The van der Waals surface area contributed by atoms with Crippen molar-refractivity contribution < 1.29 is 13.6 Å². The third kappa shape index (κ3) is 4.50. The second-order valence-corrected chi connectivity index (χ2v) is 7.60. The molecule has 0 aromatic heterocycles. The number of anilines is 1. The number of carbonyl (C=O) groups is 1. The van der Waals surface area contributed by atoms with Gasteiger partial charge in [-0.05, 0) is 54.3 Å². The molecule has 0 radical (unpaired) electrons. The van der Waals surface area contributed by atoms with E-state index in [0.29, 0.717) is 6.54 Å². The standard InChI is InChI=1S/C22H25F2N3O/c23-17-3-1-16(2-4-17)20-15-21(20)22(28)25-9-10-26-11-13-27(14-12-26)19-7-5-18(24)6-8-19/h1-8,20-21H,9-15H2,(H,25,28)/t20-,21+/m0/s1. The molecule has 1 saturated heterocycles. The number of rotatable bonds is 6. The maximum absolute atomic E-state index is 13.0. The minimum absolute atomic E-state index is 0.0146. The van der Waals surface area contributed by atoms with Crippen molar-refractivity contribution in [3.05, 3.63) is 65.7 Å². The first-order valence-corrected chi connectivity index (χ1v) is 9.86. The van der Waals surface area contributed by atoms with Crippen LogP contribution in [0.3, 0.4) is 0 Å². The molecule has 148 valence electrons. The monoisotopic (exact) mass is 385 g/mol. The fourth-order valence-electron chi connectivity index (χ4n) is 3.91. The predicted molar refractivity (Wildman–Crippen MR) is 105 cm³/mol. The molecule has 1 aliphatic heterocycles. The van der Waals surface area contributed by atoms with Gasteiger partial charge in [0, 0.05) is 50.9 Å². The van der Waals surface area contributed by atoms with Crippen molar-refractivity contribution in [2.75, 3.05) is 44.2 Å². The molecule has 1 saturated carbocycles. The summed E-state index contributed by atoms with van der Waals surface area (Å²) in [6.45, 7) is 5.12. The van der Waals surface area contributed by atoms with Gasteiger partial charge in [-0.15, -0.1) is 0 Å². The van der Waals surface area contributed by atoms with Gasteiger partial charge in [-0.1, -0.05) is 12.1 Å². The quantitative estimate of drug-likeness (QED) is 0.830. The molecule has 0 unspecified atom stereocenters. The highest BCUT2D eigenvalue weighted by Crippen LogP contribution is 2.47. The van der Waals surface area contributed by atoms with Crippen LogP contribution in [0, 0.1) is 17.6 Å². The number of nitrogens with one attached hydrogen (secondary N) is 1. The molecule has 1 N–H and O–H groups in total. The lowest BCUT2D eigenvalue weighted by Crippen LogP contribution is -2.48. The van der Waals surface area contributed by atoms with Crippen LogP contribution in [0.25, 0.3) is 0 Å². The topological polar surface area (TPSA) is 35.6 Å². The Balaban J connectivity index is 1.16. The van der Waals surface area contributed by atoms with Crippen LogP contribution in [0.2, 0.25) is 0 Å². The van der Waals surface area contributed by atoms with Crippen LogP contribution >= 0.6 is 0 Å². The van der Waals surface area contributed by atoms with E-state index in [1.54, 1.807) is 12.1 Å². The molecule has 4 nitrogen and oxygen atoms in total. The van der Waals surface area contributed by atoms with Crippen molar-refractivity contribution in [1.82, 2.24) is 10.2 Å². The zero-order chi connectivity index (χ0) is 19.5. The minimum atomic E-state index is -0.245. The highest BCUT2D eigenvalue weighted by Gasteiger charge is 2.43. The van der Waals surface area contributed by atoms with Gasteiger partial charge in [-0.2, -0.15) is 0 Å². The second-order valence-electron chi connectivity index (χ2n) is 7.60. The summed E-state index contributed by atoms with van der Waals surface area (Å²) >= 11 is 0. The van der Waals surface area contributed by atoms with Gasteiger partial charge in [-0.3, -0.25) is 9.69 Å². The Hall–Kier alpha value is -2.47. The van der Waals surface area contributed by atoms with E-state index < -0.39 is 0 Å². The third-order valence-corrected chi connectivity index (χ3v) is 5.72. The average Bonchev–Trinajstić information content (AvgIpc) is 3.51. The summed E-state index contributed by atoms with van der Waals surface area (Å²) in [5.74, 6) is -0.125. The molecule has 6 heteroatoms. The molecule has 2 fully saturated rings. The van der Waals surface area contributed by atoms with E-state index >= 15 is 0 Å². The van der Waals surface area contributed by atoms with Crippen LogP contribution in [0.5, 0.6) is 0 Å². The number of carbonyl (C=O) groups excluding carboxylic acids is 1. The zero-order valence-electron chi connectivity index (χ0n) is 15.8. The number of benzene rings is 2. The molecular weight excluding hydrogens is 360 g/mol. The number of hydrogen-bond acceptors (Lipinski definition) is 3. The van der Waals surface area contributed by atoms with Gasteiger partial charge in [-0.25, -0.2) is 8.78 Å². The lowest BCUT2D eigenvalue weighted by molar-refractivity contribution is -0.122. The molecule has 2 atom stereocenters. The van der Waals surface area contributed by atoms with E-state index in [1.165, 1.54) is 24.3 Å². The summed E-state index contributed by atoms with van der Waals surface area (Å²) in [5, 5.41) is 3.04. The Morgan fingerprint density at radius 2 is 1.54 bits per heavy atom. The van der Waals surface area contributed by atoms with Crippen molar-refractivity contribution in [1.29, 1.82) is 0 Å². The van der Waals surface area contributed by atoms with Crippen molar-refractivity contribution in [2.24, 2.45) is 5.92 Å². The van der Waals surface area contributed by atoms with Gasteiger partial charge >= 0.3 is 0 Å². The molecule has 2 aromatic carbocycles. The molecule has 1 amide bonds. The Morgan fingerprint density at radius 1 is 0.929 bits per heavy atom. The number of nitrogens with zero attached hydrogens (tertiary/aromatic N) is 2. The Labute approximate surface area is 164 Å². The van der Waals surface area contributed by atoms with E-state index in [2.05, 4.69) is 15.1 Å². The summed E-state index contributed by atoms with van der Waals surface area (Å²) in [5.41, 5.74) is 2.09. The minimum Gasteiger partial charge on any atom is -0.369 e. The van der Waals surface area contributed by atoms with Crippen LogP contribution < -0.4 is 10.2 Å². The number of halogens is 2. The first-order chi connectivity index (χ1) is 13.6. The van der Waals surface area contributed by atoms with Crippen molar-refractivity contribution >= 4 is 11.6 Å². The van der Waals surface area contributed by atoms with E-state index in [0.717, 1.165) is 50.4 Å². The molecule has 1 heterocycles. The maximum Gasteiger partial charge on any atom is 0.223 e. The summed E-state index contributed by atoms with van der Waals surface area (Å²) < 4.78 is 26.0. The molecular formula is C22H25F2N3O. The molecule has 0 spiro atoms. The van der Waals surface area contributed by atoms with Gasteiger partial charge in [0.05, 0.1) is 0 Å². The lowest BCUT2D eigenvalue weighted by Gasteiger charge is -2.36. The molecule has 4 rings (SSSR count). The van der Waals surface area contributed by atoms with E-state index in [-0.39, 0.29) is 29.4 Å². The first-order valence-electron chi connectivity index (χ1n) is 9.86. The fraction of sp³-hybridized carbons (Fsp3) is 0.409. The lowest BCUT2D eigenvalue weighted by atomic mass is 10.1. The number of amides is 1. The van der Waals surface area contributed by atoms with Crippen LogP contribution in [0.1, 0.15) is 17.9 Å². The van der Waals surface area contributed by atoms with E-state index in [1.807, 2.05) is 12.1 Å². The van der Waals surface area contributed by atoms with Crippen LogP contribution in [-0.4, -0.2) is 50.1 Å². The zero-order valence-corrected chi connectivity index (χ0v) is 15.8. The van der Waals surface area contributed by atoms with Crippen LogP contribution in [0.4, 0.5) is 14.5 Å². The summed E-state index contributed by atoms with van der Waals surface area (Å²) in [7, 11) is 0. The fourth-order valence-corrected chi connectivity index (χ4v) is 3.91. The van der Waals surface area contributed by atoms with Crippen molar-refractivity contribution in [2.45, 2.75) is 12.3 Å². The summed E-state index contributed by atoms with van der Waals surface area (Å²) in [4.78, 5) is 16.9. The van der Waals surface area contributed by atoms with Crippen molar-refractivity contribution in [3.63, 3.8) is 0 Å². The molecule has 1 aliphatic carbocycles. The Kier molecular flexibility index (Phi) is 5.57. The Bertz CT molecular complexity index is 802. The molecule has 0 bridgehead atoms. The number of hydrogen-bond donors (Lipinski definition) is 1. The first kappa shape index (κ1) is 18.9. The average molecular weight is 385 g/mol. The Morgan fingerprint density at radius 3 is 2.18 bits per heavy atom. The highest BCUT2D eigenvalue weighted by atomic mass is 19.1. The maximum atomic E-state index is 13.0. The highest BCUT2D eigenvalue weighted by molar-refractivity contribution is 5.82. The smallest absolute Gasteiger partial charge is 0.223 e. The second kappa shape index (κ2) is 8.27. The summed E-state index contributed by atoms with van der Waals surface area (Å²) in [6.07, 6.45) is 0.841. The van der Waals surface area contributed by atoms with E-state index in [9.17, 15) is 13.6 Å². The van der Waals surface area contributed by atoms with Crippen molar-refractivity contribution in [3.8, 4) is 0 Å². The van der Waals surface area contributed by atoms with E-state index in [4.69, 9.17) is 0 Å². The number of piperazine rings is 1. The van der Waals surface area contributed by atoms with Gasteiger partial charge in [0.25, 0.3) is 0 Å². The normalized spacial score (nSPS) is 22.1. The van der Waals surface area contributed by atoms with Gasteiger partial charge < -0.3 is 10.2 Å². The van der Waals surface area contributed by atoms with Crippen LogP contribution in [-0.2, 0) is 4.79 Å². The molecule has 2 aromatic rings. The van der Waals surface area contributed by atoms with Gasteiger partial charge in [0.15, 0.2) is 0 Å². The summed E-state index contributed by atoms with van der Waals surface area (Å²) in [6, 6.07) is 13.1. The SMILES string of the molecule is O=C(NCCN1CCN(c2ccc(F)cc2)CC1)[C@@H]1C[C@H]1c1ccc(F)cc1. The van der Waals surface area contributed by atoms with Gasteiger partial charge in [0.1, 0.15) is 11.6 Å². The molecule has 28 heavy (non-hydrogen) atoms. The predicted octanol–water partition coefficient (Wildman–Crippen LogP) is 3.01.